The second kappa shape index (κ2) is 7.34. The molecular formula is C21H20FN3O3. The van der Waals surface area contributed by atoms with Crippen LogP contribution < -0.4 is 15.0 Å². The lowest BCUT2D eigenvalue weighted by Gasteiger charge is -2.35. The lowest BCUT2D eigenvalue weighted by molar-refractivity contribution is -0.127. The van der Waals surface area contributed by atoms with Gasteiger partial charge in [0.15, 0.2) is 11.9 Å². The number of benzene rings is 2. The van der Waals surface area contributed by atoms with Gasteiger partial charge in [-0.2, -0.15) is 0 Å². The second-order valence-corrected chi connectivity index (χ2v) is 6.66. The first kappa shape index (κ1) is 18.0. The Balaban J connectivity index is 1.63. The minimum atomic E-state index is -0.608. The van der Waals surface area contributed by atoms with Crippen molar-refractivity contribution in [1.82, 2.24) is 10.5 Å². The third-order valence-electron chi connectivity index (χ3n) is 4.87. The number of rotatable bonds is 4. The van der Waals surface area contributed by atoms with Crippen LogP contribution in [0.4, 0.5) is 10.1 Å². The van der Waals surface area contributed by atoms with Crippen molar-refractivity contribution in [3.8, 4) is 17.1 Å². The molecule has 0 bridgehead atoms. The fourth-order valence-electron chi connectivity index (χ4n) is 3.32. The van der Waals surface area contributed by atoms with Crippen molar-refractivity contribution in [3.05, 3.63) is 65.6 Å². The highest BCUT2D eigenvalue weighted by atomic mass is 19.1. The van der Waals surface area contributed by atoms with E-state index in [1.165, 1.54) is 12.1 Å². The van der Waals surface area contributed by atoms with Gasteiger partial charge < -0.3 is 19.5 Å². The molecule has 6 nitrogen and oxygen atoms in total. The van der Waals surface area contributed by atoms with E-state index < -0.39 is 6.10 Å². The van der Waals surface area contributed by atoms with Crippen molar-refractivity contribution in [3.63, 3.8) is 0 Å². The molecule has 1 N–H and O–H groups in total. The third-order valence-corrected chi connectivity index (χ3v) is 4.87. The van der Waals surface area contributed by atoms with Crippen LogP contribution in [0.2, 0.25) is 0 Å². The van der Waals surface area contributed by atoms with Crippen molar-refractivity contribution in [2.24, 2.45) is 0 Å². The van der Waals surface area contributed by atoms with E-state index in [1.807, 2.05) is 31.2 Å². The molecule has 3 aromatic rings. The lowest BCUT2D eigenvalue weighted by Crippen LogP contribution is -2.48. The number of aromatic nitrogens is 1. The Hall–Kier alpha value is -3.35. The number of halogens is 1. The number of amides is 1. The van der Waals surface area contributed by atoms with Crippen LogP contribution in [0.5, 0.6) is 5.75 Å². The zero-order valence-electron chi connectivity index (χ0n) is 15.6. The largest absolute Gasteiger partial charge is 0.477 e. The van der Waals surface area contributed by atoms with Crippen LogP contribution in [-0.4, -0.2) is 30.8 Å². The molecule has 0 spiro atoms. The summed E-state index contributed by atoms with van der Waals surface area (Å²) in [5.41, 5.74) is 3.30. The molecule has 1 atom stereocenters. The van der Waals surface area contributed by atoms with Gasteiger partial charge in [0.1, 0.15) is 17.3 Å². The quantitative estimate of drug-likeness (QED) is 0.751. The summed E-state index contributed by atoms with van der Waals surface area (Å²) in [7, 11) is 1.59. The third kappa shape index (κ3) is 3.31. The molecule has 1 aliphatic rings. The number of ether oxygens (including phenoxy) is 1. The zero-order chi connectivity index (χ0) is 19.7. The second-order valence-electron chi connectivity index (χ2n) is 6.66. The normalized spacial score (nSPS) is 15.7. The lowest BCUT2D eigenvalue weighted by atomic mass is 10.1. The number of likely N-dealkylation sites (N-methyl/N-ethyl adjacent to an activating group) is 1. The Bertz CT molecular complexity index is 1000. The number of anilines is 1. The van der Waals surface area contributed by atoms with Gasteiger partial charge in [0.25, 0.3) is 5.91 Å². The van der Waals surface area contributed by atoms with Gasteiger partial charge in [-0.1, -0.05) is 17.3 Å². The summed E-state index contributed by atoms with van der Waals surface area (Å²) in [5.74, 6) is 0.788. The Morgan fingerprint density at radius 2 is 2.00 bits per heavy atom. The Morgan fingerprint density at radius 3 is 2.75 bits per heavy atom. The number of hydrogen-bond acceptors (Lipinski definition) is 5. The predicted octanol–water partition coefficient (Wildman–Crippen LogP) is 3.30. The molecule has 0 saturated heterocycles. The standard InChI is InChI=1S/C21H20FN3O3/c1-13-16(24-28-20(13)14-7-9-15(22)10-8-14)11-25-12-19(21(26)23-2)27-18-6-4-3-5-17(18)25/h3-10,19H,11-12H2,1-2H3,(H,23,26)/t19-/m0/s1. The number of nitrogens with zero attached hydrogens (tertiary/aromatic N) is 2. The van der Waals surface area contributed by atoms with E-state index in [4.69, 9.17) is 9.26 Å². The SMILES string of the molecule is CNC(=O)[C@@H]1CN(Cc2noc(-c3ccc(F)cc3)c2C)c2ccccc2O1. The van der Waals surface area contributed by atoms with Crippen LogP contribution >= 0.6 is 0 Å². The van der Waals surface area contributed by atoms with Crippen molar-refractivity contribution < 1.29 is 18.4 Å². The summed E-state index contributed by atoms with van der Waals surface area (Å²) in [4.78, 5) is 14.2. The van der Waals surface area contributed by atoms with E-state index in [0.717, 1.165) is 22.5 Å². The Labute approximate surface area is 161 Å². The molecule has 0 saturated carbocycles. The summed E-state index contributed by atoms with van der Waals surface area (Å²) in [6, 6.07) is 13.7. The smallest absolute Gasteiger partial charge is 0.262 e. The summed E-state index contributed by atoms with van der Waals surface area (Å²) >= 11 is 0. The van der Waals surface area contributed by atoms with Crippen LogP contribution in [0.1, 0.15) is 11.3 Å². The van der Waals surface area contributed by atoms with Crippen molar-refractivity contribution in [1.29, 1.82) is 0 Å². The van der Waals surface area contributed by atoms with Gasteiger partial charge in [-0.05, 0) is 43.3 Å². The molecular weight excluding hydrogens is 361 g/mol. The highest BCUT2D eigenvalue weighted by molar-refractivity contribution is 5.83. The zero-order valence-corrected chi connectivity index (χ0v) is 15.6. The van der Waals surface area contributed by atoms with Crippen molar-refractivity contribution in [2.45, 2.75) is 19.6 Å². The van der Waals surface area contributed by atoms with Gasteiger partial charge in [-0.25, -0.2) is 4.39 Å². The number of fused-ring (bicyclic) bond motifs is 1. The Kier molecular flexibility index (Phi) is 4.73. The molecule has 0 aliphatic carbocycles. The van der Waals surface area contributed by atoms with Crippen LogP contribution in [0, 0.1) is 12.7 Å². The fourth-order valence-corrected chi connectivity index (χ4v) is 3.32. The molecule has 1 aromatic heterocycles. The first-order valence-electron chi connectivity index (χ1n) is 9.00. The highest BCUT2D eigenvalue weighted by Gasteiger charge is 2.31. The van der Waals surface area contributed by atoms with Crippen LogP contribution in [-0.2, 0) is 11.3 Å². The first-order valence-corrected chi connectivity index (χ1v) is 9.00. The number of carbonyl (C=O) groups excluding carboxylic acids is 1. The van der Waals surface area contributed by atoms with E-state index in [9.17, 15) is 9.18 Å². The van der Waals surface area contributed by atoms with Gasteiger partial charge in [0.05, 0.1) is 18.8 Å². The average Bonchev–Trinajstić information content (AvgIpc) is 3.08. The van der Waals surface area contributed by atoms with Crippen molar-refractivity contribution >= 4 is 11.6 Å². The van der Waals surface area contributed by atoms with Gasteiger partial charge >= 0.3 is 0 Å². The molecule has 2 aromatic carbocycles. The number of hydrogen-bond donors (Lipinski definition) is 1. The van der Waals surface area contributed by atoms with Crippen molar-refractivity contribution in [2.75, 3.05) is 18.5 Å². The van der Waals surface area contributed by atoms with E-state index in [2.05, 4.69) is 15.4 Å². The molecule has 1 aliphatic heterocycles. The molecule has 0 unspecified atom stereocenters. The average molecular weight is 381 g/mol. The van der Waals surface area contributed by atoms with E-state index in [1.54, 1.807) is 19.2 Å². The molecule has 2 heterocycles. The maximum atomic E-state index is 13.2. The maximum absolute atomic E-state index is 13.2. The molecule has 144 valence electrons. The Morgan fingerprint density at radius 1 is 1.25 bits per heavy atom. The van der Waals surface area contributed by atoms with Crippen LogP contribution in [0.25, 0.3) is 11.3 Å². The summed E-state index contributed by atoms with van der Waals surface area (Å²) < 4.78 is 24.6. The van der Waals surface area contributed by atoms with E-state index in [-0.39, 0.29) is 11.7 Å². The van der Waals surface area contributed by atoms with Crippen LogP contribution in [0.15, 0.2) is 53.1 Å². The minimum absolute atomic E-state index is 0.177. The predicted molar refractivity (Wildman–Crippen MR) is 103 cm³/mol. The molecule has 7 heteroatoms. The highest BCUT2D eigenvalue weighted by Crippen LogP contribution is 2.35. The summed E-state index contributed by atoms with van der Waals surface area (Å²) in [6.45, 7) is 2.78. The number of nitrogens with one attached hydrogen (secondary N) is 1. The topological polar surface area (TPSA) is 67.6 Å². The van der Waals surface area contributed by atoms with Gasteiger partial charge in [-0.15, -0.1) is 0 Å². The molecule has 28 heavy (non-hydrogen) atoms. The van der Waals surface area contributed by atoms with E-state index >= 15 is 0 Å². The van der Waals surface area contributed by atoms with E-state index in [0.29, 0.717) is 24.6 Å². The van der Waals surface area contributed by atoms with Crippen LogP contribution in [0.3, 0.4) is 0 Å². The minimum Gasteiger partial charge on any atom is -0.477 e. The van der Waals surface area contributed by atoms with Gasteiger partial charge in [-0.3, -0.25) is 4.79 Å². The van der Waals surface area contributed by atoms with Gasteiger partial charge in [0, 0.05) is 18.2 Å². The molecule has 1 amide bonds. The number of para-hydroxylation sites is 2. The molecule has 4 rings (SSSR count). The summed E-state index contributed by atoms with van der Waals surface area (Å²) in [6.07, 6.45) is -0.608. The number of carbonyl (C=O) groups is 1. The monoisotopic (exact) mass is 381 g/mol. The van der Waals surface area contributed by atoms with Gasteiger partial charge in [0.2, 0.25) is 0 Å². The fraction of sp³-hybridized carbons (Fsp3) is 0.238. The maximum Gasteiger partial charge on any atom is 0.262 e. The summed E-state index contributed by atoms with van der Waals surface area (Å²) in [5, 5.41) is 6.86. The molecule has 0 radical (unpaired) electrons. The molecule has 0 fully saturated rings. The first-order chi connectivity index (χ1) is 13.6.